The van der Waals surface area contributed by atoms with E-state index in [-0.39, 0.29) is 35.7 Å². The summed E-state index contributed by atoms with van der Waals surface area (Å²) < 4.78 is 0. The largest absolute Gasteiger partial charge is 1.00 e. The molecule has 0 fully saturated rings. The van der Waals surface area contributed by atoms with Gasteiger partial charge in [0.25, 0.3) is 0 Å². The molecular formula is C44H52Cl2SiZr-2. The summed E-state index contributed by atoms with van der Waals surface area (Å²) in [5.41, 5.74) is 12.6. The minimum atomic E-state index is 0. The van der Waals surface area contributed by atoms with Crippen LogP contribution in [-0.4, -0.2) is 5.43 Å². The SMILES string of the molecule is CC(C)c1ccc(-c2cccc3[cH-]c(C(C)C)cc23)cc1.C[Si](C)=[Zr+2].Cc1cc2c(-c3ccc(C(C)(C)C)cc3)ccc(C)c2[cH-]1.[Cl-].[Cl-]. The molecule has 6 rings (SSSR count). The Kier molecular flexibility index (Phi) is 15.9. The fourth-order valence-corrected chi connectivity index (χ4v) is 5.88. The smallest absolute Gasteiger partial charge is 0.0132 e. The van der Waals surface area contributed by atoms with Gasteiger partial charge in [-0.1, -0.05) is 134 Å². The molecule has 4 heteroatoms. The quantitative estimate of drug-likeness (QED) is 0.130. The second-order valence-corrected chi connectivity index (χ2v) is 24.0. The predicted octanol–water partition coefficient (Wildman–Crippen LogP) is 7.40. The minimum Gasteiger partial charge on any atom is -1.00 e. The van der Waals surface area contributed by atoms with Crippen molar-refractivity contribution < 1.29 is 48.1 Å². The van der Waals surface area contributed by atoms with Gasteiger partial charge in [-0.25, -0.2) is 0 Å². The Morgan fingerprint density at radius 3 is 1.71 bits per heavy atom. The van der Waals surface area contributed by atoms with Gasteiger partial charge in [-0.05, 0) is 39.5 Å². The van der Waals surface area contributed by atoms with Crippen LogP contribution in [0.3, 0.4) is 0 Å². The van der Waals surface area contributed by atoms with Gasteiger partial charge in [-0.15, -0.1) is 68.6 Å². The number of benzene rings is 4. The Morgan fingerprint density at radius 1 is 0.646 bits per heavy atom. The van der Waals surface area contributed by atoms with E-state index in [1.807, 2.05) is 0 Å². The van der Waals surface area contributed by atoms with Crippen molar-refractivity contribution in [1.29, 1.82) is 0 Å². The third kappa shape index (κ3) is 10.6. The number of rotatable bonds is 4. The van der Waals surface area contributed by atoms with Crippen LogP contribution in [0, 0.1) is 13.8 Å². The molecule has 0 aliphatic carbocycles. The summed E-state index contributed by atoms with van der Waals surface area (Å²) in [5, 5.41) is 5.48. The van der Waals surface area contributed by atoms with Crippen LogP contribution in [0.2, 0.25) is 13.1 Å². The number of hydrogen-bond acceptors (Lipinski definition) is 0. The molecule has 6 aromatic rings. The topological polar surface area (TPSA) is 0 Å². The van der Waals surface area contributed by atoms with Crippen LogP contribution < -0.4 is 24.8 Å². The summed E-state index contributed by atoms with van der Waals surface area (Å²) in [6, 6.07) is 38.4. The Hall–Kier alpha value is -2.22. The minimum absolute atomic E-state index is 0. The average Bonchev–Trinajstić information content (AvgIpc) is 3.62. The molecule has 0 bridgehead atoms. The molecular weight excluding hydrogens is 719 g/mol. The van der Waals surface area contributed by atoms with E-state index >= 15 is 0 Å². The van der Waals surface area contributed by atoms with Gasteiger partial charge in [0.05, 0.1) is 0 Å². The maximum absolute atomic E-state index is 2.35. The monoisotopic (exact) mass is 768 g/mol. The van der Waals surface area contributed by atoms with Crippen molar-refractivity contribution in [3.05, 3.63) is 131 Å². The Bertz CT molecular complexity index is 1910. The van der Waals surface area contributed by atoms with Crippen LogP contribution in [0.1, 0.15) is 88.1 Å². The molecule has 0 radical (unpaired) electrons. The van der Waals surface area contributed by atoms with Gasteiger partial charge in [0.2, 0.25) is 0 Å². The van der Waals surface area contributed by atoms with Gasteiger partial charge in [0.15, 0.2) is 0 Å². The first-order valence-electron chi connectivity index (χ1n) is 16.7. The Morgan fingerprint density at radius 2 is 1.19 bits per heavy atom. The Balaban J connectivity index is 0.000000289. The molecule has 6 aromatic carbocycles. The van der Waals surface area contributed by atoms with E-state index in [0.717, 1.165) is 0 Å². The van der Waals surface area contributed by atoms with E-state index in [1.165, 1.54) is 71.6 Å². The van der Waals surface area contributed by atoms with Crippen LogP contribution in [-0.2, 0) is 28.8 Å². The molecule has 0 atom stereocenters. The fraction of sp³-hybridized carbons (Fsp3) is 0.318. The average molecular weight is 771 g/mol. The van der Waals surface area contributed by atoms with Crippen molar-refractivity contribution in [3.8, 4) is 22.3 Å². The first-order valence-corrected chi connectivity index (χ1v) is 22.9. The second-order valence-electron chi connectivity index (χ2n) is 14.6. The third-order valence-electron chi connectivity index (χ3n) is 8.64. The standard InChI is InChI=1S/2C21H23.C2H6Si.2ClH.Zr/c1-14-12-19-15(2)6-11-18(20(19)13-14)16-7-9-17(10-8-16)21(3,4)5;1-14(2)16-8-10-17(11-9-16)20-7-5-6-18-12-19(15(3)4)13-21(18)20;1-3-2;;;/h6-13H,1-5H3;5-15H,1-4H3;1-2H3;2*1H;/q2*-1;;;;+2/p-2. The zero-order valence-electron chi connectivity index (χ0n) is 30.7. The zero-order valence-corrected chi connectivity index (χ0v) is 35.7. The van der Waals surface area contributed by atoms with Crippen molar-refractivity contribution in [1.82, 2.24) is 0 Å². The molecule has 0 aromatic heterocycles. The summed E-state index contributed by atoms with van der Waals surface area (Å²) in [6.45, 7) is 24.7. The van der Waals surface area contributed by atoms with Crippen molar-refractivity contribution in [2.24, 2.45) is 0 Å². The van der Waals surface area contributed by atoms with Crippen molar-refractivity contribution >= 4 is 27.0 Å². The molecule has 0 heterocycles. The molecule has 0 amide bonds. The molecule has 0 unspecified atom stereocenters. The van der Waals surface area contributed by atoms with E-state index in [2.05, 4.69) is 179 Å². The summed E-state index contributed by atoms with van der Waals surface area (Å²) in [7, 11) is 0. The summed E-state index contributed by atoms with van der Waals surface area (Å²) in [5.74, 6) is 1.16. The zero-order chi connectivity index (χ0) is 33.8. The van der Waals surface area contributed by atoms with Gasteiger partial charge >= 0.3 is 41.9 Å². The van der Waals surface area contributed by atoms with Gasteiger partial charge in [-0.3, -0.25) is 0 Å². The number of halogens is 2. The van der Waals surface area contributed by atoms with Gasteiger partial charge in [0, 0.05) is 0 Å². The normalized spacial score (nSPS) is 11.0. The molecule has 0 N–H and O–H groups in total. The predicted molar refractivity (Wildman–Crippen MR) is 204 cm³/mol. The number of hydrogen-bond donors (Lipinski definition) is 0. The molecule has 252 valence electrons. The second kappa shape index (κ2) is 18.1. The molecule has 0 spiro atoms. The summed E-state index contributed by atoms with van der Waals surface area (Å²) >= 11 is 1.74. The van der Waals surface area contributed by atoms with Gasteiger partial charge in [0.1, 0.15) is 0 Å². The van der Waals surface area contributed by atoms with E-state index in [0.29, 0.717) is 11.8 Å². The Labute approximate surface area is 318 Å². The van der Waals surface area contributed by atoms with Gasteiger partial charge in [-0.2, -0.15) is 12.1 Å². The molecule has 0 aliphatic heterocycles. The summed E-state index contributed by atoms with van der Waals surface area (Å²) in [6.07, 6.45) is 0. The fourth-order valence-electron chi connectivity index (χ4n) is 5.88. The van der Waals surface area contributed by atoms with Crippen LogP contribution in [0.15, 0.2) is 103 Å². The number of aryl methyl sites for hydroxylation is 2. The number of fused-ring (bicyclic) bond motifs is 2. The van der Waals surface area contributed by atoms with Crippen molar-refractivity contribution in [2.45, 2.75) is 92.7 Å². The first kappa shape index (κ1) is 41.9. The maximum Gasteiger partial charge on any atom is -0.0132 e. The van der Waals surface area contributed by atoms with Crippen LogP contribution >= 0.6 is 0 Å². The first-order chi connectivity index (χ1) is 21.6. The van der Waals surface area contributed by atoms with E-state index in [4.69, 9.17) is 0 Å². The van der Waals surface area contributed by atoms with E-state index < -0.39 is 0 Å². The van der Waals surface area contributed by atoms with Crippen molar-refractivity contribution in [3.63, 3.8) is 0 Å². The molecule has 0 aliphatic rings. The van der Waals surface area contributed by atoms with Crippen LogP contribution in [0.4, 0.5) is 0 Å². The maximum atomic E-state index is 2.35. The van der Waals surface area contributed by atoms with E-state index in [9.17, 15) is 0 Å². The third-order valence-corrected chi connectivity index (χ3v) is 8.64. The molecule has 48 heavy (non-hydrogen) atoms. The van der Waals surface area contributed by atoms with Gasteiger partial charge < -0.3 is 24.8 Å². The van der Waals surface area contributed by atoms with Crippen LogP contribution in [0.25, 0.3) is 43.8 Å². The molecule has 0 nitrogen and oxygen atoms in total. The molecule has 0 saturated carbocycles. The van der Waals surface area contributed by atoms with E-state index in [1.54, 1.807) is 23.3 Å². The van der Waals surface area contributed by atoms with Crippen molar-refractivity contribution in [2.75, 3.05) is 0 Å². The molecule has 0 saturated heterocycles. The summed E-state index contributed by atoms with van der Waals surface area (Å²) in [4.78, 5) is 0. The van der Waals surface area contributed by atoms with Crippen LogP contribution in [0.5, 0.6) is 0 Å².